The van der Waals surface area contributed by atoms with Crippen molar-refractivity contribution in [3.8, 4) is 5.75 Å². The maximum Gasteiger partial charge on any atom is 0.125 e. The molecule has 1 aromatic carbocycles. The Kier molecular flexibility index (Phi) is 4.71. The third-order valence-corrected chi connectivity index (χ3v) is 2.56. The molecule has 0 bridgehead atoms. The van der Waals surface area contributed by atoms with Crippen molar-refractivity contribution in [2.45, 2.75) is 26.5 Å². The van der Waals surface area contributed by atoms with Gasteiger partial charge in [0.05, 0.1) is 16.1 Å². The Labute approximate surface area is 101 Å². The standard InChI is InChI=1S/C11H15Cl2NO/c1-7(2)15-11-5-10(13)9(12)4-8(11)6-14-3/h4-5,7,14H,6H2,1-3H3. The summed E-state index contributed by atoms with van der Waals surface area (Å²) in [6.07, 6.45) is 0.123. The van der Waals surface area contributed by atoms with Crippen molar-refractivity contribution in [2.24, 2.45) is 0 Å². The Morgan fingerprint density at radius 2 is 1.87 bits per heavy atom. The molecule has 1 rings (SSSR count). The Morgan fingerprint density at radius 3 is 2.40 bits per heavy atom. The van der Waals surface area contributed by atoms with Crippen molar-refractivity contribution in [1.82, 2.24) is 5.32 Å². The van der Waals surface area contributed by atoms with Crippen LogP contribution in [-0.4, -0.2) is 13.2 Å². The van der Waals surface area contributed by atoms with E-state index < -0.39 is 0 Å². The summed E-state index contributed by atoms with van der Waals surface area (Å²) < 4.78 is 5.65. The summed E-state index contributed by atoms with van der Waals surface area (Å²) in [5.41, 5.74) is 1.01. The van der Waals surface area contributed by atoms with Crippen LogP contribution >= 0.6 is 23.2 Å². The van der Waals surface area contributed by atoms with E-state index in [4.69, 9.17) is 27.9 Å². The van der Waals surface area contributed by atoms with Gasteiger partial charge in [-0.2, -0.15) is 0 Å². The molecule has 0 aromatic heterocycles. The lowest BCUT2D eigenvalue weighted by Gasteiger charge is -2.15. The Balaban J connectivity index is 3.04. The molecule has 0 aliphatic carbocycles. The average molecular weight is 248 g/mol. The molecule has 1 aromatic rings. The molecule has 0 atom stereocenters. The lowest BCUT2D eigenvalue weighted by atomic mass is 10.2. The second-order valence-electron chi connectivity index (χ2n) is 3.57. The predicted molar refractivity (Wildman–Crippen MR) is 65.0 cm³/mol. The van der Waals surface area contributed by atoms with Crippen LogP contribution < -0.4 is 10.1 Å². The first-order chi connectivity index (χ1) is 7.04. The van der Waals surface area contributed by atoms with Crippen molar-refractivity contribution in [3.05, 3.63) is 27.7 Å². The molecule has 0 heterocycles. The average Bonchev–Trinajstić information content (AvgIpc) is 2.13. The van der Waals surface area contributed by atoms with Gasteiger partial charge in [0.1, 0.15) is 5.75 Å². The van der Waals surface area contributed by atoms with E-state index in [9.17, 15) is 0 Å². The van der Waals surface area contributed by atoms with Gasteiger partial charge in [0, 0.05) is 18.2 Å². The van der Waals surface area contributed by atoms with Gasteiger partial charge in [-0.25, -0.2) is 0 Å². The third kappa shape index (κ3) is 3.56. The van der Waals surface area contributed by atoms with Crippen LogP contribution in [-0.2, 0) is 6.54 Å². The van der Waals surface area contributed by atoms with Gasteiger partial charge in [0.25, 0.3) is 0 Å². The lowest BCUT2D eigenvalue weighted by molar-refractivity contribution is 0.239. The first kappa shape index (κ1) is 12.6. The van der Waals surface area contributed by atoms with Gasteiger partial charge in [-0.05, 0) is 27.0 Å². The van der Waals surface area contributed by atoms with Gasteiger partial charge in [0.2, 0.25) is 0 Å². The number of benzene rings is 1. The first-order valence-electron chi connectivity index (χ1n) is 4.83. The molecule has 84 valence electrons. The van der Waals surface area contributed by atoms with Crippen LogP contribution in [0.3, 0.4) is 0 Å². The quantitative estimate of drug-likeness (QED) is 0.880. The molecule has 4 heteroatoms. The molecule has 0 aliphatic heterocycles. The highest BCUT2D eigenvalue weighted by molar-refractivity contribution is 6.42. The number of halogens is 2. The zero-order chi connectivity index (χ0) is 11.4. The smallest absolute Gasteiger partial charge is 0.125 e. The monoisotopic (exact) mass is 247 g/mol. The zero-order valence-electron chi connectivity index (χ0n) is 9.10. The molecular formula is C11H15Cl2NO. The van der Waals surface area contributed by atoms with Crippen LogP contribution in [0, 0.1) is 0 Å². The lowest BCUT2D eigenvalue weighted by Crippen LogP contribution is -2.11. The summed E-state index contributed by atoms with van der Waals surface area (Å²) in [4.78, 5) is 0. The van der Waals surface area contributed by atoms with E-state index in [-0.39, 0.29) is 6.10 Å². The van der Waals surface area contributed by atoms with Crippen molar-refractivity contribution in [1.29, 1.82) is 0 Å². The largest absolute Gasteiger partial charge is 0.491 e. The van der Waals surface area contributed by atoms with E-state index in [0.717, 1.165) is 11.3 Å². The molecule has 0 unspecified atom stereocenters. The molecule has 1 N–H and O–H groups in total. The van der Waals surface area contributed by atoms with E-state index in [1.807, 2.05) is 27.0 Å². The van der Waals surface area contributed by atoms with Crippen molar-refractivity contribution in [3.63, 3.8) is 0 Å². The first-order valence-corrected chi connectivity index (χ1v) is 5.59. The summed E-state index contributed by atoms with van der Waals surface area (Å²) in [7, 11) is 1.88. The summed E-state index contributed by atoms with van der Waals surface area (Å²) >= 11 is 11.9. The van der Waals surface area contributed by atoms with Crippen LogP contribution in [0.25, 0.3) is 0 Å². The molecule has 0 amide bonds. The Hall–Kier alpha value is -0.440. The zero-order valence-corrected chi connectivity index (χ0v) is 10.6. The third-order valence-electron chi connectivity index (χ3n) is 1.83. The van der Waals surface area contributed by atoms with Crippen LogP contribution in [0.5, 0.6) is 5.75 Å². The highest BCUT2D eigenvalue weighted by atomic mass is 35.5. The maximum absolute atomic E-state index is 5.94. The van der Waals surface area contributed by atoms with E-state index in [1.54, 1.807) is 6.07 Å². The number of hydrogen-bond donors (Lipinski definition) is 1. The molecular weight excluding hydrogens is 233 g/mol. The van der Waals surface area contributed by atoms with Crippen LogP contribution in [0.1, 0.15) is 19.4 Å². The van der Waals surface area contributed by atoms with Gasteiger partial charge in [-0.15, -0.1) is 0 Å². The topological polar surface area (TPSA) is 21.3 Å². The second kappa shape index (κ2) is 5.59. The van der Waals surface area contributed by atoms with Crippen molar-refractivity contribution >= 4 is 23.2 Å². The molecule has 0 radical (unpaired) electrons. The summed E-state index contributed by atoms with van der Waals surface area (Å²) in [5, 5.41) is 4.14. The van der Waals surface area contributed by atoms with Crippen LogP contribution in [0.4, 0.5) is 0 Å². The van der Waals surface area contributed by atoms with Crippen LogP contribution in [0.15, 0.2) is 12.1 Å². The van der Waals surface area contributed by atoms with E-state index in [0.29, 0.717) is 16.6 Å². The number of ether oxygens (including phenoxy) is 1. The van der Waals surface area contributed by atoms with Gasteiger partial charge in [0.15, 0.2) is 0 Å². The summed E-state index contributed by atoms with van der Waals surface area (Å²) in [6, 6.07) is 3.59. The van der Waals surface area contributed by atoms with E-state index in [2.05, 4.69) is 5.32 Å². The van der Waals surface area contributed by atoms with Crippen molar-refractivity contribution < 1.29 is 4.74 Å². The van der Waals surface area contributed by atoms with Crippen molar-refractivity contribution in [2.75, 3.05) is 7.05 Å². The molecule has 2 nitrogen and oxygen atoms in total. The molecule has 0 fully saturated rings. The highest BCUT2D eigenvalue weighted by Gasteiger charge is 2.09. The molecule has 0 saturated heterocycles. The molecule has 15 heavy (non-hydrogen) atoms. The highest BCUT2D eigenvalue weighted by Crippen LogP contribution is 2.31. The second-order valence-corrected chi connectivity index (χ2v) is 4.39. The SMILES string of the molecule is CNCc1cc(Cl)c(Cl)cc1OC(C)C. The van der Waals surface area contributed by atoms with Gasteiger partial charge in [-0.1, -0.05) is 23.2 Å². The number of hydrogen-bond acceptors (Lipinski definition) is 2. The number of rotatable bonds is 4. The van der Waals surface area contributed by atoms with Gasteiger partial charge >= 0.3 is 0 Å². The molecule has 0 spiro atoms. The maximum atomic E-state index is 5.94. The Bertz CT molecular complexity index is 340. The fourth-order valence-corrected chi connectivity index (χ4v) is 1.60. The number of nitrogens with one attached hydrogen (secondary N) is 1. The molecule has 0 saturated carbocycles. The van der Waals surface area contributed by atoms with E-state index in [1.165, 1.54) is 0 Å². The predicted octanol–water partition coefficient (Wildman–Crippen LogP) is 3.50. The Morgan fingerprint density at radius 1 is 1.27 bits per heavy atom. The molecule has 0 aliphatic rings. The minimum absolute atomic E-state index is 0.123. The van der Waals surface area contributed by atoms with Crippen LogP contribution in [0.2, 0.25) is 10.0 Å². The van der Waals surface area contributed by atoms with Gasteiger partial charge in [-0.3, -0.25) is 0 Å². The van der Waals surface area contributed by atoms with Gasteiger partial charge < -0.3 is 10.1 Å². The summed E-state index contributed by atoms with van der Waals surface area (Å²) in [5.74, 6) is 0.786. The minimum atomic E-state index is 0.123. The normalized spacial score (nSPS) is 10.8. The van der Waals surface area contributed by atoms with E-state index >= 15 is 0 Å². The fraction of sp³-hybridized carbons (Fsp3) is 0.455. The summed E-state index contributed by atoms with van der Waals surface area (Å²) in [6.45, 7) is 4.66. The minimum Gasteiger partial charge on any atom is -0.491 e. The fourth-order valence-electron chi connectivity index (χ4n) is 1.26.